The molecule has 2 rings (SSSR count). The van der Waals surface area contributed by atoms with Crippen molar-refractivity contribution in [3.8, 4) is 0 Å². The van der Waals surface area contributed by atoms with Gasteiger partial charge in [0, 0.05) is 0 Å². The highest BCUT2D eigenvalue weighted by molar-refractivity contribution is 7.08. The van der Waals surface area contributed by atoms with Gasteiger partial charge < -0.3 is 14.7 Å². The highest BCUT2D eigenvalue weighted by Crippen LogP contribution is 2.12. The predicted molar refractivity (Wildman–Crippen MR) is 52.5 cm³/mol. The van der Waals surface area contributed by atoms with Gasteiger partial charge in [-0.2, -0.15) is 4.37 Å². The molecule has 8 heteroatoms. The Balaban J connectivity index is 0.000000212. The van der Waals surface area contributed by atoms with E-state index >= 15 is 0 Å². The Morgan fingerprint density at radius 3 is 2.38 bits per heavy atom. The summed E-state index contributed by atoms with van der Waals surface area (Å²) in [5.74, 6) is -2.53. The van der Waals surface area contributed by atoms with Crippen LogP contribution in [0.15, 0.2) is 29.2 Å². The van der Waals surface area contributed by atoms with E-state index in [2.05, 4.69) is 14.1 Å². The van der Waals surface area contributed by atoms with Crippen molar-refractivity contribution in [2.75, 3.05) is 0 Å². The van der Waals surface area contributed by atoms with Gasteiger partial charge in [-0.1, -0.05) is 5.16 Å². The molecule has 0 amide bonds. The third kappa shape index (κ3) is 3.17. The van der Waals surface area contributed by atoms with Crippen LogP contribution in [0.4, 0.5) is 0 Å². The molecule has 0 spiro atoms. The number of hydrogen-bond acceptors (Lipinski definition) is 6. The Labute approximate surface area is 93.1 Å². The zero-order valence-corrected chi connectivity index (χ0v) is 8.55. The molecular weight excluding hydrogens is 236 g/mol. The average Bonchev–Trinajstić information content (AvgIpc) is 2.92. The topological polar surface area (TPSA) is 114 Å². The number of carboxylic acids is 2. The van der Waals surface area contributed by atoms with Gasteiger partial charge in [0.15, 0.2) is 0 Å². The van der Waals surface area contributed by atoms with Crippen LogP contribution in [0.5, 0.6) is 0 Å². The smallest absolute Gasteiger partial charge is 0.348 e. The van der Waals surface area contributed by atoms with E-state index in [1.165, 1.54) is 6.26 Å². The summed E-state index contributed by atoms with van der Waals surface area (Å²) in [6.07, 6.45) is 4.12. The van der Waals surface area contributed by atoms with Crippen molar-refractivity contribution >= 4 is 23.5 Å². The quantitative estimate of drug-likeness (QED) is 0.813. The minimum Gasteiger partial charge on any atom is -0.478 e. The molecule has 2 heterocycles. The van der Waals surface area contributed by atoms with Gasteiger partial charge in [-0.25, -0.2) is 9.59 Å². The molecule has 84 valence electrons. The van der Waals surface area contributed by atoms with E-state index in [0.717, 1.165) is 6.20 Å². The van der Waals surface area contributed by atoms with Crippen molar-refractivity contribution in [3.63, 3.8) is 0 Å². The third-order valence-electron chi connectivity index (χ3n) is 1.34. The minimum absolute atomic E-state index is 0.238. The van der Waals surface area contributed by atoms with E-state index in [1.54, 1.807) is 12.3 Å². The second kappa shape index (κ2) is 5.61. The zero-order chi connectivity index (χ0) is 12.0. The Morgan fingerprint density at radius 2 is 2.06 bits per heavy atom. The summed E-state index contributed by atoms with van der Waals surface area (Å²) in [7, 11) is 0. The summed E-state index contributed by atoms with van der Waals surface area (Å²) in [5.41, 5.74) is -0.262. The van der Waals surface area contributed by atoms with Gasteiger partial charge in [0.05, 0.1) is 12.4 Å². The van der Waals surface area contributed by atoms with Crippen LogP contribution in [-0.4, -0.2) is 31.7 Å². The Bertz CT molecular complexity index is 419. The minimum atomic E-state index is -1.27. The van der Waals surface area contributed by atoms with Gasteiger partial charge in [-0.05, 0) is 17.6 Å². The van der Waals surface area contributed by atoms with Crippen molar-refractivity contribution in [1.29, 1.82) is 0 Å². The lowest BCUT2D eigenvalue weighted by Gasteiger charge is -1.88. The molecule has 2 N–H and O–H groups in total. The third-order valence-corrected chi connectivity index (χ3v) is 2.13. The van der Waals surface area contributed by atoms with Crippen molar-refractivity contribution < 1.29 is 24.3 Å². The van der Waals surface area contributed by atoms with Crippen molar-refractivity contribution in [3.05, 3.63) is 35.2 Å². The van der Waals surface area contributed by atoms with Crippen LogP contribution in [0, 0.1) is 0 Å². The van der Waals surface area contributed by atoms with Gasteiger partial charge in [0.1, 0.15) is 16.7 Å². The molecule has 2 aromatic heterocycles. The van der Waals surface area contributed by atoms with Crippen LogP contribution in [0.2, 0.25) is 0 Å². The first kappa shape index (κ1) is 11.9. The van der Waals surface area contributed by atoms with E-state index in [1.807, 2.05) is 0 Å². The molecule has 0 atom stereocenters. The molecule has 16 heavy (non-hydrogen) atoms. The maximum Gasteiger partial charge on any atom is 0.348 e. The zero-order valence-electron chi connectivity index (χ0n) is 7.73. The molecule has 0 aromatic carbocycles. The van der Waals surface area contributed by atoms with E-state index in [0.29, 0.717) is 11.5 Å². The van der Waals surface area contributed by atoms with Crippen LogP contribution < -0.4 is 0 Å². The lowest BCUT2D eigenvalue weighted by Crippen LogP contribution is -2.03. The van der Waals surface area contributed by atoms with Gasteiger partial charge in [0.2, 0.25) is 0 Å². The Morgan fingerprint density at radius 1 is 1.31 bits per heavy atom. The van der Waals surface area contributed by atoms with Gasteiger partial charge >= 0.3 is 11.9 Å². The fraction of sp³-hybridized carbons (Fsp3) is 0. The van der Waals surface area contributed by atoms with Crippen LogP contribution in [0.25, 0.3) is 0 Å². The lowest BCUT2D eigenvalue weighted by molar-refractivity contribution is 0.0656. The van der Waals surface area contributed by atoms with Crippen LogP contribution >= 0.6 is 11.5 Å². The number of aromatic nitrogens is 2. The molecule has 2 aromatic rings. The molecule has 0 fully saturated rings. The number of nitrogens with zero attached hydrogens (tertiary/aromatic N) is 2. The first-order valence-corrected chi connectivity index (χ1v) is 4.66. The van der Waals surface area contributed by atoms with Gasteiger partial charge in [-0.15, -0.1) is 0 Å². The maximum atomic E-state index is 10.3. The number of carboxylic acid groups (broad SMARTS) is 2. The van der Waals surface area contributed by atoms with Gasteiger partial charge in [0.25, 0.3) is 0 Å². The second-order valence-electron chi connectivity index (χ2n) is 2.37. The summed E-state index contributed by atoms with van der Waals surface area (Å²) in [5, 5.41) is 20.2. The molecule has 0 radical (unpaired) electrons. The molecule has 0 bridgehead atoms. The number of carbonyl (C=O) groups is 2. The molecule has 0 saturated carbocycles. The highest BCUT2D eigenvalue weighted by Gasteiger charge is 2.17. The fourth-order valence-corrected chi connectivity index (χ4v) is 1.30. The molecule has 0 aliphatic rings. The van der Waals surface area contributed by atoms with E-state index in [-0.39, 0.29) is 10.4 Å². The number of aromatic carboxylic acids is 2. The van der Waals surface area contributed by atoms with Crippen molar-refractivity contribution in [1.82, 2.24) is 9.53 Å². The summed E-state index contributed by atoms with van der Waals surface area (Å²) >= 11 is 0.656. The summed E-state index contributed by atoms with van der Waals surface area (Å²) < 4.78 is 7.78. The molecule has 0 saturated heterocycles. The fourth-order valence-electron chi connectivity index (χ4n) is 0.722. The standard InChI is InChI=1S/C5H3NO4S.C3H3NO/c7-4(8)2-1-6-11-3(2)5(9)10;1-2-4-5-3-1/h1H,(H,7,8)(H,9,10);1-3H. The average molecular weight is 242 g/mol. The van der Waals surface area contributed by atoms with Crippen molar-refractivity contribution in [2.24, 2.45) is 0 Å². The van der Waals surface area contributed by atoms with E-state index < -0.39 is 11.9 Å². The summed E-state index contributed by atoms with van der Waals surface area (Å²) in [6.45, 7) is 0. The Hall–Kier alpha value is -2.22. The molecule has 0 aliphatic heterocycles. The predicted octanol–water partition coefficient (Wildman–Crippen LogP) is 1.21. The molecular formula is C8H6N2O5S. The monoisotopic (exact) mass is 242 g/mol. The van der Waals surface area contributed by atoms with Crippen molar-refractivity contribution in [2.45, 2.75) is 0 Å². The van der Waals surface area contributed by atoms with Crippen LogP contribution in [0.3, 0.4) is 0 Å². The van der Waals surface area contributed by atoms with E-state index in [9.17, 15) is 9.59 Å². The second-order valence-corrected chi connectivity index (χ2v) is 3.17. The summed E-state index contributed by atoms with van der Waals surface area (Å²) in [4.78, 5) is 20.3. The first-order chi connectivity index (χ1) is 7.63. The molecule has 0 aliphatic carbocycles. The normalized spacial score (nSPS) is 9.00. The SMILES string of the molecule is O=C(O)c1cnsc1C(=O)O.c1cnoc1. The van der Waals surface area contributed by atoms with Gasteiger partial charge in [-0.3, -0.25) is 0 Å². The lowest BCUT2D eigenvalue weighted by atomic mass is 10.3. The summed E-state index contributed by atoms with van der Waals surface area (Å²) in [6, 6.07) is 1.72. The van der Waals surface area contributed by atoms with Crippen LogP contribution in [0.1, 0.15) is 20.0 Å². The van der Waals surface area contributed by atoms with E-state index in [4.69, 9.17) is 10.2 Å². The first-order valence-electron chi connectivity index (χ1n) is 3.88. The van der Waals surface area contributed by atoms with Crippen LogP contribution in [-0.2, 0) is 0 Å². The Kier molecular flexibility index (Phi) is 4.16. The number of hydrogen-bond donors (Lipinski definition) is 2. The number of rotatable bonds is 2. The largest absolute Gasteiger partial charge is 0.478 e. The highest BCUT2D eigenvalue weighted by atomic mass is 32.1. The molecule has 0 unspecified atom stereocenters. The molecule has 7 nitrogen and oxygen atoms in total. The maximum absolute atomic E-state index is 10.3.